The molecule has 1 aromatic carbocycles. The number of amidine groups is 1. The molecule has 0 spiro atoms. The Morgan fingerprint density at radius 3 is 2.42 bits per heavy atom. The molecule has 106 valence electrons. The molecule has 3 N–H and O–H groups in total. The molecule has 0 aliphatic rings. The first-order valence-corrected chi connectivity index (χ1v) is 7.55. The van der Waals surface area contributed by atoms with Crippen molar-refractivity contribution in [2.75, 3.05) is 12.9 Å². The van der Waals surface area contributed by atoms with Crippen LogP contribution in [0, 0.1) is 10.8 Å². The number of thioether (sulfide) groups is 1. The van der Waals surface area contributed by atoms with Crippen LogP contribution in [0.5, 0.6) is 5.75 Å². The van der Waals surface area contributed by atoms with E-state index >= 15 is 0 Å². The molecule has 0 radical (unpaired) electrons. The summed E-state index contributed by atoms with van der Waals surface area (Å²) >= 11 is 1.86. The normalized spacial score (nSPS) is 11.3. The largest absolute Gasteiger partial charge is 0.497 e. The predicted molar refractivity (Wildman–Crippen MR) is 83.3 cm³/mol. The molecule has 19 heavy (non-hydrogen) atoms. The van der Waals surface area contributed by atoms with Gasteiger partial charge >= 0.3 is 0 Å². The summed E-state index contributed by atoms with van der Waals surface area (Å²) in [6, 6.07) is 8.15. The summed E-state index contributed by atoms with van der Waals surface area (Å²) in [5, 5.41) is 7.51. The van der Waals surface area contributed by atoms with Crippen LogP contribution in [0.2, 0.25) is 0 Å². The molecule has 0 saturated carbocycles. The molecule has 0 aromatic heterocycles. The zero-order valence-corrected chi connectivity index (χ0v) is 12.8. The van der Waals surface area contributed by atoms with Crippen LogP contribution in [0.3, 0.4) is 0 Å². The van der Waals surface area contributed by atoms with Crippen molar-refractivity contribution in [2.45, 2.75) is 38.0 Å². The van der Waals surface area contributed by atoms with E-state index in [-0.39, 0.29) is 11.3 Å². The van der Waals surface area contributed by atoms with Crippen molar-refractivity contribution in [3.8, 4) is 5.75 Å². The highest BCUT2D eigenvalue weighted by Gasteiger charge is 2.20. The molecule has 0 bridgehead atoms. The fraction of sp³-hybridized carbons (Fsp3) is 0.533. The Labute approximate surface area is 120 Å². The Hall–Kier alpha value is -1.16. The maximum Gasteiger partial charge on any atom is 0.118 e. The van der Waals surface area contributed by atoms with E-state index in [2.05, 4.69) is 12.1 Å². The van der Waals surface area contributed by atoms with Crippen LogP contribution in [0.4, 0.5) is 0 Å². The molecule has 0 atom stereocenters. The number of benzene rings is 1. The first-order valence-electron chi connectivity index (χ1n) is 6.57. The number of ether oxygens (including phenoxy) is 1. The number of hydrogen-bond acceptors (Lipinski definition) is 3. The van der Waals surface area contributed by atoms with Crippen molar-refractivity contribution in [3.05, 3.63) is 24.3 Å². The number of nitrogens with two attached hydrogens (primary N) is 1. The summed E-state index contributed by atoms with van der Waals surface area (Å²) in [6.07, 6.45) is 3.23. The van der Waals surface area contributed by atoms with Gasteiger partial charge in [0.15, 0.2) is 0 Å². The van der Waals surface area contributed by atoms with Crippen molar-refractivity contribution in [1.82, 2.24) is 0 Å². The average molecular weight is 280 g/mol. The smallest absolute Gasteiger partial charge is 0.118 e. The van der Waals surface area contributed by atoms with Gasteiger partial charge in [-0.1, -0.05) is 20.3 Å². The predicted octanol–water partition coefficient (Wildman–Crippen LogP) is 3.92. The van der Waals surface area contributed by atoms with Gasteiger partial charge < -0.3 is 10.5 Å². The third kappa shape index (κ3) is 5.55. The van der Waals surface area contributed by atoms with Crippen LogP contribution in [0.25, 0.3) is 0 Å². The number of unbranched alkanes of at least 4 members (excludes halogenated alkanes) is 1. The number of methoxy groups -OCH3 is 1. The Balaban J connectivity index is 2.22. The quantitative estimate of drug-likeness (QED) is 0.328. The monoisotopic (exact) mass is 280 g/mol. The van der Waals surface area contributed by atoms with Gasteiger partial charge in [0.2, 0.25) is 0 Å². The highest BCUT2D eigenvalue weighted by atomic mass is 32.2. The summed E-state index contributed by atoms with van der Waals surface area (Å²) in [7, 11) is 1.68. The molecule has 4 heteroatoms. The molecule has 0 unspecified atom stereocenters. The zero-order chi connectivity index (χ0) is 14.3. The fourth-order valence-corrected chi connectivity index (χ4v) is 2.58. The van der Waals surface area contributed by atoms with Crippen molar-refractivity contribution in [1.29, 1.82) is 5.41 Å². The SMILES string of the molecule is COc1ccc(SCCCCC(C)(C)C(=N)N)cc1. The van der Waals surface area contributed by atoms with Gasteiger partial charge in [-0.05, 0) is 42.9 Å². The summed E-state index contributed by atoms with van der Waals surface area (Å²) in [6.45, 7) is 4.07. The molecule has 0 heterocycles. The van der Waals surface area contributed by atoms with Crippen molar-refractivity contribution < 1.29 is 4.74 Å². The van der Waals surface area contributed by atoms with Gasteiger partial charge in [-0.15, -0.1) is 11.8 Å². The second-order valence-electron chi connectivity index (χ2n) is 5.28. The van der Waals surface area contributed by atoms with E-state index in [1.807, 2.05) is 37.7 Å². The molecule has 1 aromatic rings. The minimum atomic E-state index is -0.162. The molecular weight excluding hydrogens is 256 g/mol. The fourth-order valence-electron chi connectivity index (χ4n) is 1.67. The molecule has 3 nitrogen and oxygen atoms in total. The minimum Gasteiger partial charge on any atom is -0.497 e. The molecule has 1 rings (SSSR count). The molecular formula is C15H24N2OS. The summed E-state index contributed by atoms with van der Waals surface area (Å²) in [5.74, 6) is 2.28. The van der Waals surface area contributed by atoms with Crippen LogP contribution in [-0.2, 0) is 0 Å². The maximum absolute atomic E-state index is 7.51. The maximum atomic E-state index is 7.51. The highest BCUT2D eigenvalue weighted by Crippen LogP contribution is 2.26. The Morgan fingerprint density at radius 2 is 1.89 bits per heavy atom. The van der Waals surface area contributed by atoms with Gasteiger partial charge in [-0.3, -0.25) is 5.41 Å². The number of nitrogens with one attached hydrogen (secondary N) is 1. The van der Waals surface area contributed by atoms with Gasteiger partial charge in [0.05, 0.1) is 12.9 Å². The molecule has 0 amide bonds. The van der Waals surface area contributed by atoms with Crippen LogP contribution < -0.4 is 10.5 Å². The van der Waals surface area contributed by atoms with Crippen molar-refractivity contribution in [3.63, 3.8) is 0 Å². The van der Waals surface area contributed by atoms with E-state index in [1.165, 1.54) is 4.90 Å². The van der Waals surface area contributed by atoms with Gasteiger partial charge in [-0.2, -0.15) is 0 Å². The lowest BCUT2D eigenvalue weighted by molar-refractivity contribution is 0.414. The van der Waals surface area contributed by atoms with Gasteiger partial charge in [0.25, 0.3) is 0 Å². The van der Waals surface area contributed by atoms with Crippen LogP contribution >= 0.6 is 11.8 Å². The van der Waals surface area contributed by atoms with E-state index in [9.17, 15) is 0 Å². The van der Waals surface area contributed by atoms with E-state index in [4.69, 9.17) is 15.9 Å². The van der Waals surface area contributed by atoms with Gasteiger partial charge in [-0.25, -0.2) is 0 Å². The Kier molecular flexibility index (Phi) is 6.22. The molecule has 0 fully saturated rings. The number of hydrogen-bond donors (Lipinski definition) is 2. The third-order valence-electron chi connectivity index (χ3n) is 3.25. The first kappa shape index (κ1) is 15.9. The van der Waals surface area contributed by atoms with E-state index < -0.39 is 0 Å². The average Bonchev–Trinajstić information content (AvgIpc) is 2.38. The van der Waals surface area contributed by atoms with Crippen molar-refractivity contribution >= 4 is 17.6 Å². The summed E-state index contributed by atoms with van der Waals surface area (Å²) in [5.41, 5.74) is 5.41. The Morgan fingerprint density at radius 1 is 1.26 bits per heavy atom. The highest BCUT2D eigenvalue weighted by molar-refractivity contribution is 7.99. The summed E-state index contributed by atoms with van der Waals surface area (Å²) in [4.78, 5) is 1.27. The zero-order valence-electron chi connectivity index (χ0n) is 12.0. The van der Waals surface area contributed by atoms with Gasteiger partial charge in [0, 0.05) is 10.3 Å². The number of rotatable bonds is 8. The molecule has 0 aliphatic carbocycles. The minimum absolute atomic E-state index is 0.162. The van der Waals surface area contributed by atoms with Crippen LogP contribution in [0.15, 0.2) is 29.2 Å². The second kappa shape index (κ2) is 7.43. The molecule has 0 saturated heterocycles. The van der Waals surface area contributed by atoms with Gasteiger partial charge in [0.1, 0.15) is 5.75 Å². The van der Waals surface area contributed by atoms with E-state index in [0.29, 0.717) is 0 Å². The van der Waals surface area contributed by atoms with E-state index in [1.54, 1.807) is 7.11 Å². The lowest BCUT2D eigenvalue weighted by atomic mass is 9.86. The van der Waals surface area contributed by atoms with Crippen LogP contribution in [0.1, 0.15) is 33.1 Å². The van der Waals surface area contributed by atoms with Crippen LogP contribution in [-0.4, -0.2) is 18.7 Å². The van der Waals surface area contributed by atoms with E-state index in [0.717, 1.165) is 30.8 Å². The Bertz CT molecular complexity index is 401. The topological polar surface area (TPSA) is 59.1 Å². The summed E-state index contributed by atoms with van der Waals surface area (Å²) < 4.78 is 5.13. The lowest BCUT2D eigenvalue weighted by Crippen LogP contribution is -2.30. The second-order valence-corrected chi connectivity index (χ2v) is 6.45. The third-order valence-corrected chi connectivity index (χ3v) is 4.35. The standard InChI is InChI=1S/C15H24N2OS/c1-15(2,14(16)17)10-4-5-11-19-13-8-6-12(18-3)7-9-13/h6-9H,4-5,10-11H2,1-3H3,(H3,16,17). The molecule has 0 aliphatic heterocycles. The van der Waals surface area contributed by atoms with Crippen molar-refractivity contribution in [2.24, 2.45) is 11.1 Å². The first-order chi connectivity index (χ1) is 8.95. The lowest BCUT2D eigenvalue weighted by Gasteiger charge is -2.22.